The normalized spacial score (nSPS) is 17.4. The van der Waals surface area contributed by atoms with Crippen LogP contribution in [-0.4, -0.2) is 21.8 Å². The molecular formula is C24H24N2O3. The summed E-state index contributed by atoms with van der Waals surface area (Å²) < 4.78 is 0. The Morgan fingerprint density at radius 3 is 2.38 bits per heavy atom. The van der Waals surface area contributed by atoms with Gasteiger partial charge in [0.25, 0.3) is 5.91 Å². The van der Waals surface area contributed by atoms with Gasteiger partial charge in [-0.15, -0.1) is 0 Å². The molecule has 0 aliphatic carbocycles. The molecule has 0 radical (unpaired) electrons. The number of aryl methyl sites for hydroxylation is 1. The third-order valence-corrected chi connectivity index (χ3v) is 5.36. The van der Waals surface area contributed by atoms with Crippen LogP contribution in [0.5, 0.6) is 0 Å². The number of ketones is 1. The second-order valence-electron chi connectivity index (χ2n) is 8.54. The zero-order valence-corrected chi connectivity index (χ0v) is 17.0. The lowest BCUT2D eigenvalue weighted by molar-refractivity contribution is -0.123. The standard InChI is InChI=1S/C24H24N2O3/c1-14-9-11-15(12-10-14)26-20(17-13-25-18-8-6-5-7-16(17)18)19(21(27)23(26)29)22(28)24(2,3)4/h5-13,20,25,27H,1-4H3. The van der Waals surface area contributed by atoms with Crippen LogP contribution >= 0.6 is 0 Å². The fourth-order valence-electron chi connectivity index (χ4n) is 3.83. The van der Waals surface area contributed by atoms with Gasteiger partial charge in [-0.25, -0.2) is 0 Å². The minimum atomic E-state index is -0.739. The molecule has 3 aromatic rings. The summed E-state index contributed by atoms with van der Waals surface area (Å²) in [5, 5.41) is 11.7. The van der Waals surface area contributed by atoms with E-state index in [1.54, 1.807) is 20.8 Å². The quantitative estimate of drug-likeness (QED) is 0.664. The first-order valence-corrected chi connectivity index (χ1v) is 9.64. The summed E-state index contributed by atoms with van der Waals surface area (Å²) >= 11 is 0. The highest BCUT2D eigenvalue weighted by atomic mass is 16.3. The summed E-state index contributed by atoms with van der Waals surface area (Å²) in [5.74, 6) is -1.27. The van der Waals surface area contributed by atoms with Crippen molar-refractivity contribution < 1.29 is 14.7 Å². The first-order chi connectivity index (χ1) is 13.7. The number of nitrogens with one attached hydrogen (secondary N) is 1. The molecule has 5 heteroatoms. The molecule has 1 aromatic heterocycles. The summed E-state index contributed by atoms with van der Waals surface area (Å²) in [7, 11) is 0. The molecule has 1 aliphatic rings. The molecular weight excluding hydrogens is 364 g/mol. The molecule has 29 heavy (non-hydrogen) atoms. The highest BCUT2D eigenvalue weighted by Crippen LogP contribution is 2.45. The third-order valence-electron chi connectivity index (χ3n) is 5.36. The van der Waals surface area contributed by atoms with Crippen molar-refractivity contribution in [1.29, 1.82) is 0 Å². The molecule has 2 N–H and O–H groups in total. The van der Waals surface area contributed by atoms with Crippen molar-refractivity contribution >= 4 is 28.3 Å². The monoisotopic (exact) mass is 388 g/mol. The van der Waals surface area contributed by atoms with Crippen molar-refractivity contribution in [3.63, 3.8) is 0 Å². The fourth-order valence-corrected chi connectivity index (χ4v) is 3.83. The van der Waals surface area contributed by atoms with Gasteiger partial charge in [-0.2, -0.15) is 0 Å². The van der Waals surface area contributed by atoms with Gasteiger partial charge in [-0.3, -0.25) is 14.5 Å². The van der Waals surface area contributed by atoms with E-state index >= 15 is 0 Å². The zero-order valence-electron chi connectivity index (χ0n) is 17.0. The number of para-hydroxylation sites is 1. The van der Waals surface area contributed by atoms with Gasteiger partial charge >= 0.3 is 0 Å². The van der Waals surface area contributed by atoms with E-state index < -0.39 is 23.1 Å². The maximum atomic E-state index is 13.3. The lowest BCUT2D eigenvalue weighted by atomic mass is 9.82. The summed E-state index contributed by atoms with van der Waals surface area (Å²) in [6.07, 6.45) is 1.82. The molecule has 2 aromatic carbocycles. The van der Waals surface area contributed by atoms with E-state index in [0.29, 0.717) is 5.69 Å². The number of amides is 1. The number of carbonyl (C=O) groups is 2. The van der Waals surface area contributed by atoms with Crippen molar-refractivity contribution in [3.05, 3.63) is 77.2 Å². The van der Waals surface area contributed by atoms with E-state index in [0.717, 1.165) is 22.0 Å². The smallest absolute Gasteiger partial charge is 0.294 e. The number of Topliss-reactive ketones (excluding diaryl/α,β-unsaturated/α-hetero) is 1. The molecule has 2 heterocycles. The largest absolute Gasteiger partial charge is 0.503 e. The van der Waals surface area contributed by atoms with Crippen LogP contribution in [0.4, 0.5) is 5.69 Å². The van der Waals surface area contributed by atoms with Crippen LogP contribution in [0.1, 0.15) is 37.9 Å². The summed E-state index contributed by atoms with van der Waals surface area (Å²) in [5.41, 5.74) is 2.80. The Morgan fingerprint density at radius 2 is 1.72 bits per heavy atom. The van der Waals surface area contributed by atoms with E-state index in [1.807, 2.05) is 61.7 Å². The second kappa shape index (κ2) is 6.62. The lowest BCUT2D eigenvalue weighted by Gasteiger charge is -2.28. The van der Waals surface area contributed by atoms with Crippen LogP contribution in [-0.2, 0) is 9.59 Å². The Hall–Kier alpha value is -3.34. The summed E-state index contributed by atoms with van der Waals surface area (Å²) in [4.78, 5) is 31.2. The van der Waals surface area contributed by atoms with Crippen LogP contribution in [0.3, 0.4) is 0 Å². The highest BCUT2D eigenvalue weighted by molar-refractivity contribution is 6.18. The molecule has 0 bridgehead atoms. The molecule has 1 aliphatic heterocycles. The third kappa shape index (κ3) is 3.03. The Morgan fingerprint density at radius 1 is 1.07 bits per heavy atom. The number of aliphatic hydroxyl groups excluding tert-OH is 1. The summed E-state index contributed by atoms with van der Waals surface area (Å²) in [6, 6.07) is 14.5. The van der Waals surface area contributed by atoms with Gasteiger partial charge in [0.15, 0.2) is 11.5 Å². The first-order valence-electron chi connectivity index (χ1n) is 9.64. The minimum absolute atomic E-state index is 0.146. The number of rotatable bonds is 3. The molecule has 5 nitrogen and oxygen atoms in total. The number of carbonyl (C=O) groups excluding carboxylic acids is 2. The first kappa shape index (κ1) is 19.0. The van der Waals surface area contributed by atoms with Crippen LogP contribution in [0.15, 0.2) is 66.1 Å². The molecule has 0 spiro atoms. The van der Waals surface area contributed by atoms with Crippen LogP contribution in [0.2, 0.25) is 0 Å². The number of nitrogens with zero attached hydrogens (tertiary/aromatic N) is 1. The van der Waals surface area contributed by atoms with E-state index in [-0.39, 0.29) is 11.4 Å². The number of hydrogen-bond acceptors (Lipinski definition) is 3. The van der Waals surface area contributed by atoms with Gasteiger partial charge in [0.2, 0.25) is 0 Å². The predicted octanol–water partition coefficient (Wildman–Crippen LogP) is 4.99. The van der Waals surface area contributed by atoms with Crippen molar-refractivity contribution in [2.24, 2.45) is 5.41 Å². The van der Waals surface area contributed by atoms with E-state index in [4.69, 9.17) is 0 Å². The van der Waals surface area contributed by atoms with E-state index in [1.165, 1.54) is 4.90 Å². The van der Waals surface area contributed by atoms with Crippen LogP contribution < -0.4 is 4.90 Å². The topological polar surface area (TPSA) is 73.4 Å². The lowest BCUT2D eigenvalue weighted by Crippen LogP contribution is -2.32. The number of benzene rings is 2. The molecule has 0 saturated heterocycles. The van der Waals surface area contributed by atoms with Gasteiger partial charge in [0.1, 0.15) is 0 Å². The number of hydrogen-bond donors (Lipinski definition) is 2. The van der Waals surface area contributed by atoms with Crippen molar-refractivity contribution in [2.75, 3.05) is 4.90 Å². The Balaban J connectivity index is 1.96. The number of aromatic amines is 1. The van der Waals surface area contributed by atoms with Crippen molar-refractivity contribution in [2.45, 2.75) is 33.7 Å². The molecule has 0 fully saturated rings. The maximum absolute atomic E-state index is 13.3. The van der Waals surface area contributed by atoms with E-state index in [2.05, 4.69) is 4.98 Å². The number of aromatic nitrogens is 1. The maximum Gasteiger partial charge on any atom is 0.294 e. The van der Waals surface area contributed by atoms with Crippen LogP contribution in [0, 0.1) is 12.3 Å². The van der Waals surface area contributed by atoms with Gasteiger partial charge in [-0.1, -0.05) is 56.7 Å². The fraction of sp³-hybridized carbons (Fsp3) is 0.250. The zero-order chi connectivity index (χ0) is 20.9. The molecule has 148 valence electrons. The van der Waals surface area contributed by atoms with Gasteiger partial charge in [0.05, 0.1) is 11.6 Å². The number of aliphatic hydroxyl groups is 1. The van der Waals surface area contributed by atoms with Gasteiger partial charge < -0.3 is 10.1 Å². The number of fused-ring (bicyclic) bond motifs is 1. The van der Waals surface area contributed by atoms with Crippen LogP contribution in [0.25, 0.3) is 10.9 Å². The SMILES string of the molecule is Cc1ccc(N2C(=O)C(O)=C(C(=O)C(C)(C)C)C2c2c[nH]c3ccccc23)cc1. The van der Waals surface area contributed by atoms with Gasteiger partial charge in [-0.05, 0) is 25.1 Å². The highest BCUT2D eigenvalue weighted by Gasteiger charge is 2.47. The van der Waals surface area contributed by atoms with Crippen molar-refractivity contribution in [1.82, 2.24) is 4.98 Å². The summed E-state index contributed by atoms with van der Waals surface area (Å²) in [6.45, 7) is 7.35. The Labute approximate surface area is 169 Å². The van der Waals surface area contributed by atoms with E-state index in [9.17, 15) is 14.7 Å². The minimum Gasteiger partial charge on any atom is -0.503 e. The predicted molar refractivity (Wildman–Crippen MR) is 114 cm³/mol. The van der Waals surface area contributed by atoms with Gasteiger partial charge in [0, 0.05) is 33.8 Å². The molecule has 1 amide bonds. The molecule has 0 saturated carbocycles. The number of H-pyrrole nitrogens is 1. The second-order valence-corrected chi connectivity index (χ2v) is 8.54. The average Bonchev–Trinajstić information content (AvgIpc) is 3.21. The average molecular weight is 388 g/mol. The molecule has 1 unspecified atom stereocenters. The number of anilines is 1. The molecule has 1 atom stereocenters. The molecule has 4 rings (SSSR count). The van der Waals surface area contributed by atoms with Crippen molar-refractivity contribution in [3.8, 4) is 0 Å². The Kier molecular flexibility index (Phi) is 4.34. The Bertz CT molecular complexity index is 1150.